The third kappa shape index (κ3) is 3.75. The average Bonchev–Trinajstić information content (AvgIpc) is 2.85. The highest BCUT2D eigenvalue weighted by atomic mass is 35.5. The molecule has 0 atom stereocenters. The summed E-state index contributed by atoms with van der Waals surface area (Å²) in [4.78, 5) is 31.2. The summed E-state index contributed by atoms with van der Waals surface area (Å²) < 4.78 is 0. The maximum Gasteiger partial charge on any atom is 0.276 e. The van der Waals surface area contributed by atoms with Crippen molar-refractivity contribution in [2.24, 2.45) is 0 Å². The second kappa shape index (κ2) is 6.44. The quantitative estimate of drug-likeness (QED) is 0.901. The maximum absolute atomic E-state index is 11.9. The van der Waals surface area contributed by atoms with Gasteiger partial charge in [-0.05, 0) is 12.1 Å². The van der Waals surface area contributed by atoms with Crippen molar-refractivity contribution >= 4 is 39.9 Å². The van der Waals surface area contributed by atoms with Crippen LogP contribution >= 0.6 is 22.9 Å². The Morgan fingerprint density at radius 3 is 2.95 bits per heavy atom. The molecule has 0 aromatic carbocycles. The van der Waals surface area contributed by atoms with Gasteiger partial charge >= 0.3 is 0 Å². The van der Waals surface area contributed by atoms with E-state index in [1.165, 1.54) is 23.6 Å². The number of carbonyl (C=O) groups excluding carboxylic acids is 2. The highest BCUT2D eigenvalue weighted by molar-refractivity contribution is 7.14. The van der Waals surface area contributed by atoms with E-state index in [9.17, 15) is 9.59 Å². The van der Waals surface area contributed by atoms with Crippen molar-refractivity contribution in [1.29, 1.82) is 0 Å². The van der Waals surface area contributed by atoms with Crippen molar-refractivity contribution in [3.05, 3.63) is 40.1 Å². The summed E-state index contributed by atoms with van der Waals surface area (Å²) in [5.41, 5.74) is 0.809. The van der Waals surface area contributed by atoms with Gasteiger partial charge in [0, 0.05) is 23.6 Å². The summed E-state index contributed by atoms with van der Waals surface area (Å²) in [5, 5.41) is 7.69. The van der Waals surface area contributed by atoms with Crippen LogP contribution in [0.15, 0.2) is 23.7 Å². The zero-order valence-electron chi connectivity index (χ0n) is 10.5. The molecule has 8 heteroatoms. The Morgan fingerprint density at radius 2 is 2.25 bits per heavy atom. The van der Waals surface area contributed by atoms with Gasteiger partial charge in [-0.2, -0.15) is 0 Å². The van der Waals surface area contributed by atoms with Crippen LogP contribution in [0.2, 0.25) is 5.02 Å². The van der Waals surface area contributed by atoms with Gasteiger partial charge in [-0.1, -0.05) is 11.6 Å². The van der Waals surface area contributed by atoms with Gasteiger partial charge in [-0.15, -0.1) is 11.3 Å². The standard InChI is InChI=1S/C12H11ClN4O2S/c1-14-10(18)5-8-6-20-12(16-8)17-11(19)9-4-7(13)2-3-15-9/h2-4,6H,5H2,1H3,(H,14,18)(H,16,17,19). The molecule has 2 aromatic heterocycles. The summed E-state index contributed by atoms with van der Waals surface area (Å²) in [6, 6.07) is 3.05. The zero-order chi connectivity index (χ0) is 14.5. The average molecular weight is 311 g/mol. The topological polar surface area (TPSA) is 84.0 Å². The Morgan fingerprint density at radius 1 is 1.45 bits per heavy atom. The molecular formula is C12H11ClN4O2S. The minimum atomic E-state index is -0.395. The lowest BCUT2D eigenvalue weighted by Gasteiger charge is -2.01. The Balaban J connectivity index is 2.03. The number of anilines is 1. The van der Waals surface area contributed by atoms with E-state index in [0.717, 1.165) is 0 Å². The zero-order valence-corrected chi connectivity index (χ0v) is 12.1. The molecule has 2 aromatic rings. The fourth-order valence-electron chi connectivity index (χ4n) is 1.39. The van der Waals surface area contributed by atoms with Crippen LogP contribution in [0.5, 0.6) is 0 Å². The van der Waals surface area contributed by atoms with Crippen molar-refractivity contribution in [3.63, 3.8) is 0 Å². The number of nitrogens with one attached hydrogen (secondary N) is 2. The van der Waals surface area contributed by atoms with Crippen molar-refractivity contribution in [2.45, 2.75) is 6.42 Å². The van der Waals surface area contributed by atoms with E-state index < -0.39 is 5.91 Å². The van der Waals surface area contributed by atoms with Gasteiger partial charge in [0.2, 0.25) is 5.91 Å². The molecule has 2 N–H and O–H groups in total. The van der Waals surface area contributed by atoms with Gasteiger partial charge in [0.05, 0.1) is 12.1 Å². The largest absolute Gasteiger partial charge is 0.359 e. The van der Waals surface area contributed by atoms with Gasteiger partial charge in [0.25, 0.3) is 5.91 Å². The van der Waals surface area contributed by atoms with Crippen LogP contribution in [0.4, 0.5) is 5.13 Å². The molecule has 0 fully saturated rings. The van der Waals surface area contributed by atoms with Gasteiger partial charge in [-0.3, -0.25) is 19.9 Å². The van der Waals surface area contributed by atoms with Crippen LogP contribution in [0, 0.1) is 0 Å². The lowest BCUT2D eigenvalue weighted by Crippen LogP contribution is -2.20. The number of hydrogen-bond acceptors (Lipinski definition) is 5. The van der Waals surface area contributed by atoms with Crippen LogP contribution in [0.1, 0.15) is 16.2 Å². The first-order chi connectivity index (χ1) is 9.58. The summed E-state index contributed by atoms with van der Waals surface area (Å²) in [6.45, 7) is 0. The number of hydrogen-bond donors (Lipinski definition) is 2. The summed E-state index contributed by atoms with van der Waals surface area (Å²) in [6.07, 6.45) is 1.63. The predicted molar refractivity (Wildman–Crippen MR) is 77.1 cm³/mol. The smallest absolute Gasteiger partial charge is 0.276 e. The Bertz CT molecular complexity index is 644. The summed E-state index contributed by atoms with van der Waals surface area (Å²) >= 11 is 7.04. The normalized spacial score (nSPS) is 10.1. The van der Waals surface area contributed by atoms with E-state index >= 15 is 0 Å². The van der Waals surface area contributed by atoms with Crippen LogP contribution in [-0.2, 0) is 11.2 Å². The third-order valence-electron chi connectivity index (χ3n) is 2.35. The van der Waals surface area contributed by atoms with E-state index in [1.54, 1.807) is 18.5 Å². The number of amides is 2. The fourth-order valence-corrected chi connectivity index (χ4v) is 2.25. The molecule has 0 radical (unpaired) electrons. The molecule has 0 unspecified atom stereocenters. The van der Waals surface area contributed by atoms with Crippen LogP contribution in [0.3, 0.4) is 0 Å². The van der Waals surface area contributed by atoms with Gasteiger partial charge in [-0.25, -0.2) is 4.98 Å². The first-order valence-corrected chi connectivity index (χ1v) is 6.92. The molecule has 6 nitrogen and oxygen atoms in total. The fraction of sp³-hybridized carbons (Fsp3) is 0.167. The molecule has 2 heterocycles. The molecule has 0 spiro atoms. The molecule has 2 rings (SSSR count). The second-order valence-electron chi connectivity index (χ2n) is 3.81. The number of nitrogens with zero attached hydrogens (tertiary/aromatic N) is 2. The molecule has 0 saturated heterocycles. The maximum atomic E-state index is 11.9. The number of aromatic nitrogens is 2. The number of pyridine rings is 1. The van der Waals surface area contributed by atoms with E-state index in [0.29, 0.717) is 15.8 Å². The monoisotopic (exact) mass is 310 g/mol. The second-order valence-corrected chi connectivity index (χ2v) is 5.10. The predicted octanol–water partition coefficient (Wildman–Crippen LogP) is 1.73. The molecular weight excluding hydrogens is 300 g/mol. The van der Waals surface area contributed by atoms with Crippen LogP contribution in [0.25, 0.3) is 0 Å². The molecule has 0 bridgehead atoms. The number of rotatable bonds is 4. The number of halogens is 1. The van der Waals surface area contributed by atoms with E-state index in [2.05, 4.69) is 20.6 Å². The molecule has 20 heavy (non-hydrogen) atoms. The van der Waals surface area contributed by atoms with Gasteiger partial charge < -0.3 is 5.32 Å². The van der Waals surface area contributed by atoms with E-state index in [-0.39, 0.29) is 18.0 Å². The van der Waals surface area contributed by atoms with Crippen molar-refractivity contribution < 1.29 is 9.59 Å². The van der Waals surface area contributed by atoms with Crippen molar-refractivity contribution in [3.8, 4) is 0 Å². The highest BCUT2D eigenvalue weighted by Gasteiger charge is 2.11. The highest BCUT2D eigenvalue weighted by Crippen LogP contribution is 2.17. The molecule has 0 aliphatic carbocycles. The van der Waals surface area contributed by atoms with Crippen LogP contribution in [-0.4, -0.2) is 28.8 Å². The van der Waals surface area contributed by atoms with Crippen molar-refractivity contribution in [1.82, 2.24) is 15.3 Å². The molecule has 0 aliphatic heterocycles. The Kier molecular flexibility index (Phi) is 4.65. The third-order valence-corrected chi connectivity index (χ3v) is 3.39. The number of likely N-dealkylation sites (N-methyl/N-ethyl adjacent to an activating group) is 1. The SMILES string of the molecule is CNC(=O)Cc1csc(NC(=O)c2cc(Cl)ccn2)n1. The molecule has 104 valence electrons. The molecule has 0 aliphatic rings. The lowest BCUT2D eigenvalue weighted by molar-refractivity contribution is -0.120. The van der Waals surface area contributed by atoms with Crippen LogP contribution < -0.4 is 10.6 Å². The first kappa shape index (κ1) is 14.4. The first-order valence-electron chi connectivity index (χ1n) is 5.66. The van der Waals surface area contributed by atoms with E-state index in [4.69, 9.17) is 11.6 Å². The molecule has 2 amide bonds. The van der Waals surface area contributed by atoms with Gasteiger partial charge in [0.1, 0.15) is 5.69 Å². The minimum absolute atomic E-state index is 0.135. The number of carbonyl (C=O) groups is 2. The van der Waals surface area contributed by atoms with Crippen molar-refractivity contribution in [2.75, 3.05) is 12.4 Å². The lowest BCUT2D eigenvalue weighted by atomic mass is 10.3. The molecule has 0 saturated carbocycles. The summed E-state index contributed by atoms with van der Waals surface area (Å²) in [5.74, 6) is -0.530. The Labute approximate surface area is 124 Å². The number of thiazole rings is 1. The van der Waals surface area contributed by atoms with Gasteiger partial charge in [0.15, 0.2) is 5.13 Å². The summed E-state index contributed by atoms with van der Waals surface area (Å²) in [7, 11) is 1.56. The van der Waals surface area contributed by atoms with E-state index in [1.807, 2.05) is 0 Å². The minimum Gasteiger partial charge on any atom is -0.359 e. The Hall–Kier alpha value is -1.99.